The average Bonchev–Trinajstić information content (AvgIpc) is 3.11. The summed E-state index contributed by atoms with van der Waals surface area (Å²) in [7, 11) is 0. The summed E-state index contributed by atoms with van der Waals surface area (Å²) in [5.41, 5.74) is 1.70. The first kappa shape index (κ1) is 18.9. The Labute approximate surface area is 161 Å². The van der Waals surface area contributed by atoms with Crippen molar-refractivity contribution in [1.82, 2.24) is 19.7 Å². The summed E-state index contributed by atoms with van der Waals surface area (Å²) in [6.45, 7) is 6.51. The molecule has 1 aromatic carbocycles. The molecular weight excluding hydrogens is 362 g/mol. The molecule has 0 unspecified atom stereocenters. The molecule has 27 heavy (non-hydrogen) atoms. The van der Waals surface area contributed by atoms with Crippen LogP contribution < -0.4 is 5.56 Å². The normalized spacial score (nSPS) is 11.4. The maximum atomic E-state index is 12.4. The lowest BCUT2D eigenvalue weighted by atomic mass is 9.87. The zero-order valence-corrected chi connectivity index (χ0v) is 16.4. The summed E-state index contributed by atoms with van der Waals surface area (Å²) in [5.74, 6) is 0.724. The van der Waals surface area contributed by atoms with E-state index in [0.717, 1.165) is 5.56 Å². The van der Waals surface area contributed by atoms with Gasteiger partial charge in [0.1, 0.15) is 23.2 Å². The molecule has 0 bridgehead atoms. The Hall–Kier alpha value is -2.92. The molecule has 2 aromatic heterocycles. The highest BCUT2D eigenvalue weighted by Crippen LogP contribution is 2.25. The SMILES string of the molecule is CSc1ncn(Cc2nc(-c3ccc(C(C)(C)C)cc3)no2)c(=O)c1C#N. The van der Waals surface area contributed by atoms with Crippen LogP contribution in [-0.2, 0) is 12.0 Å². The first-order valence-corrected chi connectivity index (χ1v) is 9.53. The van der Waals surface area contributed by atoms with Gasteiger partial charge in [0.05, 0.1) is 6.33 Å². The van der Waals surface area contributed by atoms with E-state index in [9.17, 15) is 10.1 Å². The summed E-state index contributed by atoms with van der Waals surface area (Å²) in [6.07, 6.45) is 3.15. The molecule has 0 aliphatic rings. The molecule has 0 radical (unpaired) electrons. The van der Waals surface area contributed by atoms with Crippen molar-refractivity contribution in [1.29, 1.82) is 5.26 Å². The van der Waals surface area contributed by atoms with Gasteiger partial charge in [0.2, 0.25) is 11.7 Å². The van der Waals surface area contributed by atoms with E-state index in [-0.39, 0.29) is 23.4 Å². The number of hydrogen-bond donors (Lipinski definition) is 0. The fourth-order valence-electron chi connectivity index (χ4n) is 2.54. The second-order valence-corrected chi connectivity index (χ2v) is 7.81. The van der Waals surface area contributed by atoms with E-state index < -0.39 is 5.56 Å². The van der Waals surface area contributed by atoms with Gasteiger partial charge in [0, 0.05) is 5.56 Å². The zero-order chi connectivity index (χ0) is 19.6. The summed E-state index contributed by atoms with van der Waals surface area (Å²) in [5, 5.41) is 13.6. The molecule has 2 heterocycles. The molecule has 0 spiro atoms. The van der Waals surface area contributed by atoms with E-state index in [2.05, 4.69) is 35.9 Å². The van der Waals surface area contributed by atoms with Crippen LogP contribution in [0, 0.1) is 11.3 Å². The van der Waals surface area contributed by atoms with Crippen LogP contribution in [-0.4, -0.2) is 25.9 Å². The topological polar surface area (TPSA) is 97.6 Å². The maximum absolute atomic E-state index is 12.4. The predicted octanol–water partition coefficient (Wildman–Crippen LogP) is 3.23. The van der Waals surface area contributed by atoms with Crippen LogP contribution in [0.4, 0.5) is 0 Å². The predicted molar refractivity (Wildman–Crippen MR) is 103 cm³/mol. The average molecular weight is 381 g/mol. The fraction of sp³-hybridized carbons (Fsp3) is 0.316. The largest absolute Gasteiger partial charge is 0.337 e. The molecule has 0 saturated carbocycles. The lowest BCUT2D eigenvalue weighted by Gasteiger charge is -2.18. The van der Waals surface area contributed by atoms with E-state index in [1.165, 1.54) is 28.2 Å². The minimum Gasteiger partial charge on any atom is -0.337 e. The molecule has 0 saturated heterocycles. The highest BCUT2D eigenvalue weighted by atomic mass is 32.2. The van der Waals surface area contributed by atoms with Gasteiger partial charge in [-0.15, -0.1) is 11.8 Å². The molecule has 0 fully saturated rings. The van der Waals surface area contributed by atoms with Crippen LogP contribution >= 0.6 is 11.8 Å². The Balaban J connectivity index is 1.85. The van der Waals surface area contributed by atoms with Gasteiger partial charge in [-0.1, -0.05) is 50.2 Å². The van der Waals surface area contributed by atoms with Crippen molar-refractivity contribution in [3.63, 3.8) is 0 Å². The number of benzene rings is 1. The smallest absolute Gasteiger partial charge is 0.272 e. The Bertz CT molecular complexity index is 1060. The van der Waals surface area contributed by atoms with E-state index >= 15 is 0 Å². The van der Waals surface area contributed by atoms with Gasteiger partial charge in [-0.3, -0.25) is 9.36 Å². The number of hydrogen-bond acceptors (Lipinski definition) is 7. The van der Waals surface area contributed by atoms with Gasteiger partial charge >= 0.3 is 0 Å². The lowest BCUT2D eigenvalue weighted by Crippen LogP contribution is -2.24. The van der Waals surface area contributed by atoms with Gasteiger partial charge < -0.3 is 4.52 Å². The Morgan fingerprint density at radius 1 is 1.26 bits per heavy atom. The van der Waals surface area contributed by atoms with E-state index in [0.29, 0.717) is 10.9 Å². The Morgan fingerprint density at radius 3 is 2.56 bits per heavy atom. The molecule has 0 atom stereocenters. The second-order valence-electron chi connectivity index (χ2n) is 7.01. The molecule has 0 N–H and O–H groups in total. The Kier molecular flexibility index (Phi) is 5.15. The summed E-state index contributed by atoms with van der Waals surface area (Å²) < 4.78 is 6.56. The third-order valence-corrected chi connectivity index (χ3v) is 4.79. The minimum atomic E-state index is -0.425. The van der Waals surface area contributed by atoms with E-state index in [1.807, 2.05) is 30.3 Å². The van der Waals surface area contributed by atoms with Gasteiger partial charge in [0.25, 0.3) is 5.56 Å². The highest BCUT2D eigenvalue weighted by molar-refractivity contribution is 7.98. The number of nitrogens with zero attached hydrogens (tertiary/aromatic N) is 5. The van der Waals surface area contributed by atoms with Gasteiger partial charge in [-0.05, 0) is 17.2 Å². The third kappa shape index (κ3) is 3.93. The molecule has 3 aromatic rings. The molecule has 3 rings (SSSR count). The molecule has 0 amide bonds. The molecule has 0 aliphatic carbocycles. The summed E-state index contributed by atoms with van der Waals surface area (Å²) >= 11 is 1.25. The maximum Gasteiger partial charge on any atom is 0.272 e. The summed E-state index contributed by atoms with van der Waals surface area (Å²) in [4.78, 5) is 20.9. The quantitative estimate of drug-likeness (QED) is 0.505. The first-order chi connectivity index (χ1) is 12.8. The number of thioether (sulfide) groups is 1. The molecule has 8 heteroatoms. The number of rotatable bonds is 4. The van der Waals surface area contributed by atoms with Crippen molar-refractivity contribution in [2.75, 3.05) is 6.26 Å². The van der Waals surface area contributed by atoms with Crippen molar-refractivity contribution in [2.24, 2.45) is 0 Å². The van der Waals surface area contributed by atoms with Gasteiger partial charge in [0.15, 0.2) is 0 Å². The van der Waals surface area contributed by atoms with Crippen LogP contribution in [0.15, 0.2) is 44.9 Å². The lowest BCUT2D eigenvalue weighted by molar-refractivity contribution is 0.369. The van der Waals surface area contributed by atoms with Crippen molar-refractivity contribution < 1.29 is 4.52 Å². The van der Waals surface area contributed by atoms with E-state index in [4.69, 9.17) is 4.52 Å². The fourth-order valence-corrected chi connectivity index (χ4v) is 3.03. The third-order valence-electron chi connectivity index (χ3n) is 4.09. The number of nitriles is 1. The molecule has 7 nitrogen and oxygen atoms in total. The van der Waals surface area contributed by atoms with Crippen molar-refractivity contribution in [3.05, 3.63) is 58.0 Å². The van der Waals surface area contributed by atoms with Crippen LogP contribution in [0.5, 0.6) is 0 Å². The first-order valence-electron chi connectivity index (χ1n) is 8.30. The monoisotopic (exact) mass is 381 g/mol. The van der Waals surface area contributed by atoms with Crippen LogP contribution in [0.3, 0.4) is 0 Å². The summed E-state index contributed by atoms with van der Waals surface area (Å²) in [6, 6.07) is 9.89. The van der Waals surface area contributed by atoms with Crippen molar-refractivity contribution in [3.8, 4) is 17.5 Å². The van der Waals surface area contributed by atoms with Gasteiger partial charge in [-0.2, -0.15) is 10.2 Å². The zero-order valence-electron chi connectivity index (χ0n) is 15.6. The van der Waals surface area contributed by atoms with Gasteiger partial charge in [-0.25, -0.2) is 4.98 Å². The van der Waals surface area contributed by atoms with Crippen molar-refractivity contribution in [2.45, 2.75) is 37.8 Å². The molecule has 138 valence electrons. The molecular formula is C19H19N5O2S. The van der Waals surface area contributed by atoms with Crippen LogP contribution in [0.25, 0.3) is 11.4 Å². The second kappa shape index (κ2) is 7.37. The van der Waals surface area contributed by atoms with Crippen LogP contribution in [0.2, 0.25) is 0 Å². The van der Waals surface area contributed by atoms with E-state index in [1.54, 1.807) is 6.26 Å². The standard InChI is InChI=1S/C19H19N5O2S/c1-19(2,3)13-7-5-12(6-8-13)16-22-15(26-23-16)10-24-11-21-17(27-4)14(9-20)18(24)25/h5-8,11H,10H2,1-4H3. The Morgan fingerprint density at radius 2 is 1.96 bits per heavy atom. The minimum absolute atomic E-state index is 0.0162. The number of aromatic nitrogens is 4. The van der Waals surface area contributed by atoms with Crippen molar-refractivity contribution >= 4 is 11.8 Å². The van der Waals surface area contributed by atoms with Crippen LogP contribution in [0.1, 0.15) is 37.8 Å². The highest BCUT2D eigenvalue weighted by Gasteiger charge is 2.16. The molecule has 0 aliphatic heterocycles.